The van der Waals surface area contributed by atoms with E-state index in [0.29, 0.717) is 6.54 Å². The molecule has 1 aromatic rings. The van der Waals surface area contributed by atoms with Crippen molar-refractivity contribution >= 4 is 21.4 Å². The molecule has 0 radical (unpaired) electrons. The molecule has 7 heteroatoms. The van der Waals surface area contributed by atoms with E-state index in [-0.39, 0.29) is 17.9 Å². The van der Waals surface area contributed by atoms with Crippen LogP contribution in [0.15, 0.2) is 11.6 Å². The summed E-state index contributed by atoms with van der Waals surface area (Å²) < 4.78 is 31.7. The van der Waals surface area contributed by atoms with Crippen LogP contribution in [0.1, 0.15) is 37.2 Å². The summed E-state index contributed by atoms with van der Waals surface area (Å²) in [5, 5.41) is 2.79. The molecule has 0 spiro atoms. The highest BCUT2D eigenvalue weighted by Crippen LogP contribution is 2.34. The van der Waals surface area contributed by atoms with Gasteiger partial charge < -0.3 is 4.74 Å². The van der Waals surface area contributed by atoms with Gasteiger partial charge in [-0.3, -0.25) is 0 Å². The molecular weight excluding hydrogens is 284 g/mol. The van der Waals surface area contributed by atoms with Gasteiger partial charge in [0, 0.05) is 25.2 Å². The van der Waals surface area contributed by atoms with Crippen molar-refractivity contribution in [2.45, 2.75) is 38.3 Å². The predicted octanol–water partition coefficient (Wildman–Crippen LogP) is 2.03. The summed E-state index contributed by atoms with van der Waals surface area (Å²) in [6.45, 7) is 2.36. The van der Waals surface area contributed by atoms with Gasteiger partial charge in [-0.2, -0.15) is 4.31 Å². The Hall–Kier alpha value is -0.500. The molecule has 2 rings (SSSR count). The van der Waals surface area contributed by atoms with E-state index in [0.717, 1.165) is 24.3 Å². The molecule has 19 heavy (non-hydrogen) atoms. The number of thiazole rings is 1. The molecule has 0 aromatic carbocycles. The molecule has 0 aliphatic carbocycles. The fourth-order valence-electron chi connectivity index (χ4n) is 2.34. The molecule has 1 saturated heterocycles. The van der Waals surface area contributed by atoms with Gasteiger partial charge in [-0.15, -0.1) is 11.3 Å². The van der Waals surface area contributed by atoms with E-state index < -0.39 is 10.0 Å². The zero-order chi connectivity index (χ0) is 13.9. The van der Waals surface area contributed by atoms with Gasteiger partial charge in [-0.1, -0.05) is 6.42 Å². The van der Waals surface area contributed by atoms with Crippen molar-refractivity contribution in [3.8, 4) is 0 Å². The second-order valence-electron chi connectivity index (χ2n) is 4.82. The number of hydrogen-bond donors (Lipinski definition) is 0. The maximum absolute atomic E-state index is 12.5. The molecule has 5 nitrogen and oxygen atoms in total. The number of rotatable bonds is 5. The Morgan fingerprint density at radius 1 is 1.58 bits per heavy atom. The van der Waals surface area contributed by atoms with Crippen molar-refractivity contribution in [3.05, 3.63) is 16.6 Å². The third-order valence-electron chi connectivity index (χ3n) is 3.40. The number of methoxy groups -OCH3 is 1. The van der Waals surface area contributed by atoms with Crippen molar-refractivity contribution in [1.82, 2.24) is 9.29 Å². The van der Waals surface area contributed by atoms with Crippen molar-refractivity contribution in [2.75, 3.05) is 19.4 Å². The minimum absolute atomic E-state index is 0.0331. The number of nitrogens with zero attached hydrogens (tertiary/aromatic N) is 2. The maximum Gasteiger partial charge on any atom is 0.217 e. The Balaban J connectivity index is 2.20. The lowest BCUT2D eigenvalue weighted by atomic mass is 10.1. The number of aromatic nitrogens is 1. The van der Waals surface area contributed by atoms with Crippen LogP contribution in [-0.2, 0) is 14.8 Å². The Morgan fingerprint density at radius 3 is 3.00 bits per heavy atom. The average Bonchev–Trinajstić information content (AvgIpc) is 2.92. The van der Waals surface area contributed by atoms with Gasteiger partial charge in [0.05, 0.1) is 17.9 Å². The van der Waals surface area contributed by atoms with Crippen LogP contribution in [0.25, 0.3) is 0 Å². The summed E-state index contributed by atoms with van der Waals surface area (Å²) in [7, 11) is -1.76. The van der Waals surface area contributed by atoms with Gasteiger partial charge in [0.25, 0.3) is 0 Å². The zero-order valence-electron chi connectivity index (χ0n) is 11.3. The molecule has 1 aliphatic rings. The first kappa shape index (κ1) is 14.9. The molecule has 108 valence electrons. The largest absolute Gasteiger partial charge is 0.381 e. The average molecular weight is 304 g/mol. The van der Waals surface area contributed by atoms with Crippen molar-refractivity contribution < 1.29 is 13.2 Å². The van der Waals surface area contributed by atoms with Crippen LogP contribution in [-0.4, -0.2) is 43.2 Å². The standard InChI is InChI=1S/C12H20N2O3S2/c1-10(17-2)9-19(15,16)14-7-4-3-5-11(14)12-13-6-8-18-12/h6,8,10-11H,3-5,7,9H2,1-2H3/t10-,11-/m0/s1. The SMILES string of the molecule is CO[C@@H](C)CS(=O)(=O)N1CCCC[C@H]1c1nccs1. The minimum Gasteiger partial charge on any atom is -0.381 e. The molecule has 0 unspecified atom stereocenters. The molecule has 1 aromatic heterocycles. The fraction of sp³-hybridized carbons (Fsp3) is 0.750. The number of ether oxygens (including phenoxy) is 1. The lowest BCUT2D eigenvalue weighted by Crippen LogP contribution is -2.41. The highest BCUT2D eigenvalue weighted by molar-refractivity contribution is 7.89. The van der Waals surface area contributed by atoms with Crippen LogP contribution in [0, 0.1) is 0 Å². The van der Waals surface area contributed by atoms with Gasteiger partial charge in [-0.25, -0.2) is 13.4 Å². The summed E-state index contributed by atoms with van der Waals surface area (Å²) in [5.74, 6) is 0.0331. The van der Waals surface area contributed by atoms with Gasteiger partial charge in [0.2, 0.25) is 10.0 Å². The van der Waals surface area contributed by atoms with Crippen LogP contribution in [0.4, 0.5) is 0 Å². The second kappa shape index (κ2) is 6.30. The topological polar surface area (TPSA) is 59.5 Å². The first-order chi connectivity index (χ1) is 9.04. The normalized spacial score (nSPS) is 23.4. The van der Waals surface area contributed by atoms with E-state index in [4.69, 9.17) is 4.74 Å². The lowest BCUT2D eigenvalue weighted by Gasteiger charge is -2.34. The van der Waals surface area contributed by atoms with E-state index in [2.05, 4.69) is 4.98 Å². The van der Waals surface area contributed by atoms with Crippen LogP contribution in [0.3, 0.4) is 0 Å². The second-order valence-corrected chi connectivity index (χ2v) is 7.71. The van der Waals surface area contributed by atoms with Gasteiger partial charge in [0.1, 0.15) is 5.01 Å². The van der Waals surface area contributed by atoms with E-state index in [1.807, 2.05) is 5.38 Å². The van der Waals surface area contributed by atoms with E-state index in [1.165, 1.54) is 18.4 Å². The Morgan fingerprint density at radius 2 is 2.37 bits per heavy atom. The van der Waals surface area contributed by atoms with Crippen LogP contribution < -0.4 is 0 Å². The number of sulfonamides is 1. The quantitative estimate of drug-likeness (QED) is 0.835. The van der Waals surface area contributed by atoms with Gasteiger partial charge in [0.15, 0.2) is 0 Å². The third kappa shape index (κ3) is 3.53. The first-order valence-corrected chi connectivity index (χ1v) is 8.95. The van der Waals surface area contributed by atoms with Crippen LogP contribution in [0.5, 0.6) is 0 Å². The molecular formula is C12H20N2O3S2. The Kier molecular flexibility index (Phi) is 4.94. The van der Waals surface area contributed by atoms with Crippen molar-refractivity contribution in [2.24, 2.45) is 0 Å². The summed E-state index contributed by atoms with van der Waals surface area (Å²) in [5.41, 5.74) is 0. The molecule has 0 bridgehead atoms. The highest BCUT2D eigenvalue weighted by Gasteiger charge is 2.35. The monoisotopic (exact) mass is 304 g/mol. The summed E-state index contributed by atoms with van der Waals surface area (Å²) in [6, 6.07) is -0.0946. The summed E-state index contributed by atoms with van der Waals surface area (Å²) >= 11 is 1.53. The molecule has 0 amide bonds. The lowest BCUT2D eigenvalue weighted by molar-refractivity contribution is 0.133. The van der Waals surface area contributed by atoms with Crippen molar-refractivity contribution in [3.63, 3.8) is 0 Å². The smallest absolute Gasteiger partial charge is 0.217 e. The Labute approximate surface area is 118 Å². The molecule has 2 atom stereocenters. The van der Waals surface area contributed by atoms with Gasteiger partial charge in [-0.05, 0) is 19.8 Å². The number of hydrogen-bond acceptors (Lipinski definition) is 5. The van der Waals surface area contributed by atoms with Gasteiger partial charge >= 0.3 is 0 Å². The molecule has 1 fully saturated rings. The van der Waals surface area contributed by atoms with Crippen LogP contribution in [0.2, 0.25) is 0 Å². The summed E-state index contributed by atoms with van der Waals surface area (Å²) in [6.07, 6.45) is 4.27. The molecule has 0 saturated carbocycles. The third-order valence-corrected chi connectivity index (χ3v) is 6.31. The maximum atomic E-state index is 12.5. The minimum atomic E-state index is -3.29. The zero-order valence-corrected chi connectivity index (χ0v) is 12.9. The summed E-state index contributed by atoms with van der Waals surface area (Å²) in [4.78, 5) is 4.28. The van der Waals surface area contributed by atoms with E-state index in [1.54, 1.807) is 17.4 Å². The predicted molar refractivity (Wildman–Crippen MR) is 75.7 cm³/mol. The molecule has 0 N–H and O–H groups in total. The highest BCUT2D eigenvalue weighted by atomic mass is 32.2. The van der Waals surface area contributed by atoms with Crippen LogP contribution >= 0.6 is 11.3 Å². The molecule has 1 aliphatic heterocycles. The Bertz CT molecular complexity index is 487. The molecule has 2 heterocycles. The van der Waals surface area contributed by atoms with E-state index in [9.17, 15) is 8.42 Å². The van der Waals surface area contributed by atoms with Crippen molar-refractivity contribution in [1.29, 1.82) is 0 Å². The fourth-order valence-corrected chi connectivity index (χ4v) is 5.12. The first-order valence-electron chi connectivity index (χ1n) is 6.46. The number of piperidine rings is 1. The van der Waals surface area contributed by atoms with E-state index >= 15 is 0 Å².